The standard InChI is InChI=1S/C16H18NO4/c18-11-12-4-3-5-13(8-12)17-14(19)9-16(10-15(20)21)6-1-2-7-16/h3-5,8H,1-2,6-7,9-10H2,(H,17,19)(H,20,21). The van der Waals surface area contributed by atoms with Crippen molar-refractivity contribution in [2.45, 2.75) is 38.5 Å². The van der Waals surface area contributed by atoms with Gasteiger partial charge in [0.2, 0.25) is 12.2 Å². The van der Waals surface area contributed by atoms with E-state index in [1.165, 1.54) is 0 Å². The zero-order valence-electron chi connectivity index (χ0n) is 11.7. The Morgan fingerprint density at radius 3 is 2.57 bits per heavy atom. The van der Waals surface area contributed by atoms with Crippen LogP contribution in [0.3, 0.4) is 0 Å². The summed E-state index contributed by atoms with van der Waals surface area (Å²) >= 11 is 0. The number of rotatable bonds is 6. The van der Waals surface area contributed by atoms with Crippen LogP contribution in [0.4, 0.5) is 5.69 Å². The minimum atomic E-state index is -0.859. The third kappa shape index (κ3) is 4.15. The zero-order chi connectivity index (χ0) is 15.3. The first-order valence-electron chi connectivity index (χ1n) is 7.03. The molecule has 0 atom stereocenters. The van der Waals surface area contributed by atoms with Gasteiger partial charge in [-0.2, -0.15) is 0 Å². The van der Waals surface area contributed by atoms with Crippen molar-refractivity contribution in [3.05, 3.63) is 29.8 Å². The van der Waals surface area contributed by atoms with E-state index in [2.05, 4.69) is 5.32 Å². The van der Waals surface area contributed by atoms with Crippen LogP contribution in [0.25, 0.3) is 0 Å². The Morgan fingerprint density at radius 1 is 1.24 bits per heavy atom. The van der Waals surface area contributed by atoms with Gasteiger partial charge in [-0.05, 0) is 30.4 Å². The molecule has 1 fully saturated rings. The molecule has 1 amide bonds. The number of aliphatic carboxylic acids is 1. The highest BCUT2D eigenvalue weighted by Crippen LogP contribution is 2.44. The van der Waals surface area contributed by atoms with Crippen LogP contribution in [0.5, 0.6) is 0 Å². The number of hydrogen-bond acceptors (Lipinski definition) is 3. The van der Waals surface area contributed by atoms with Gasteiger partial charge in [0.05, 0.1) is 6.42 Å². The molecule has 0 aromatic heterocycles. The molecule has 111 valence electrons. The van der Waals surface area contributed by atoms with E-state index in [4.69, 9.17) is 5.11 Å². The number of carboxylic acid groups (broad SMARTS) is 1. The normalized spacial score (nSPS) is 16.4. The van der Waals surface area contributed by atoms with Crippen LogP contribution in [0, 0.1) is 5.41 Å². The van der Waals surface area contributed by atoms with Gasteiger partial charge in [-0.25, -0.2) is 0 Å². The van der Waals surface area contributed by atoms with E-state index in [0.29, 0.717) is 11.3 Å². The third-order valence-electron chi connectivity index (χ3n) is 3.99. The van der Waals surface area contributed by atoms with Crippen LogP contribution in [0.15, 0.2) is 24.3 Å². The van der Waals surface area contributed by atoms with Crippen LogP contribution < -0.4 is 5.32 Å². The molecule has 0 aliphatic heterocycles. The second-order valence-electron chi connectivity index (χ2n) is 5.69. The lowest BCUT2D eigenvalue weighted by Crippen LogP contribution is -2.27. The Morgan fingerprint density at radius 2 is 1.95 bits per heavy atom. The van der Waals surface area contributed by atoms with Crippen molar-refractivity contribution in [2.24, 2.45) is 5.41 Å². The molecule has 2 N–H and O–H groups in total. The number of anilines is 1. The van der Waals surface area contributed by atoms with Crippen LogP contribution in [-0.2, 0) is 14.4 Å². The Balaban J connectivity index is 2.02. The highest BCUT2D eigenvalue weighted by molar-refractivity contribution is 5.92. The number of carbonyl (C=O) groups is 2. The highest BCUT2D eigenvalue weighted by atomic mass is 16.4. The summed E-state index contributed by atoms with van der Waals surface area (Å²) in [5, 5.41) is 11.8. The van der Waals surface area contributed by atoms with Gasteiger partial charge in [0, 0.05) is 17.7 Å². The fourth-order valence-corrected chi connectivity index (χ4v) is 3.07. The number of carboxylic acids is 1. The Labute approximate surface area is 123 Å². The van der Waals surface area contributed by atoms with Gasteiger partial charge in [0.25, 0.3) is 0 Å². The summed E-state index contributed by atoms with van der Waals surface area (Å²) in [6.07, 6.45) is 5.48. The van der Waals surface area contributed by atoms with Crippen LogP contribution in [0.1, 0.15) is 44.1 Å². The smallest absolute Gasteiger partial charge is 0.303 e. The molecule has 0 spiro atoms. The second kappa shape index (κ2) is 6.52. The SMILES string of the molecule is O=[C]c1cccc(NC(=O)CC2(CC(=O)O)CCCC2)c1. The Kier molecular flexibility index (Phi) is 4.73. The zero-order valence-corrected chi connectivity index (χ0v) is 11.7. The summed E-state index contributed by atoms with van der Waals surface area (Å²) in [5.41, 5.74) is 0.475. The van der Waals surface area contributed by atoms with Crippen LogP contribution in [-0.4, -0.2) is 23.3 Å². The van der Waals surface area contributed by atoms with Gasteiger partial charge in [-0.1, -0.05) is 25.0 Å². The fraction of sp³-hybridized carbons (Fsp3) is 0.438. The van der Waals surface area contributed by atoms with E-state index < -0.39 is 11.4 Å². The first-order valence-corrected chi connectivity index (χ1v) is 7.03. The fourth-order valence-electron chi connectivity index (χ4n) is 3.07. The average molecular weight is 288 g/mol. The maximum Gasteiger partial charge on any atom is 0.303 e. The summed E-state index contributed by atoms with van der Waals surface area (Å²) in [6, 6.07) is 6.50. The van der Waals surface area contributed by atoms with Crippen molar-refractivity contribution >= 4 is 23.9 Å². The molecule has 0 heterocycles. The first-order chi connectivity index (χ1) is 10.0. The second-order valence-corrected chi connectivity index (χ2v) is 5.69. The molecule has 1 radical (unpaired) electrons. The maximum absolute atomic E-state index is 12.2. The molecule has 1 aliphatic carbocycles. The monoisotopic (exact) mass is 288 g/mol. The van der Waals surface area contributed by atoms with Gasteiger partial charge in [-0.3, -0.25) is 14.4 Å². The third-order valence-corrected chi connectivity index (χ3v) is 3.99. The molecule has 21 heavy (non-hydrogen) atoms. The molecule has 1 aromatic rings. The number of carbonyl (C=O) groups excluding carboxylic acids is 2. The van der Waals surface area contributed by atoms with Gasteiger partial charge >= 0.3 is 5.97 Å². The summed E-state index contributed by atoms with van der Waals surface area (Å²) < 4.78 is 0. The van der Waals surface area contributed by atoms with Crippen molar-refractivity contribution in [1.29, 1.82) is 0 Å². The summed E-state index contributed by atoms with van der Waals surface area (Å²) in [6.45, 7) is 0. The van der Waals surface area contributed by atoms with Crippen molar-refractivity contribution in [2.75, 3.05) is 5.32 Å². The molecule has 5 heteroatoms. The van der Waals surface area contributed by atoms with Crippen LogP contribution >= 0.6 is 0 Å². The van der Waals surface area contributed by atoms with E-state index in [9.17, 15) is 14.4 Å². The molecule has 2 rings (SSSR count). The number of hydrogen-bond donors (Lipinski definition) is 2. The molecule has 1 saturated carbocycles. The molecule has 0 saturated heterocycles. The van der Waals surface area contributed by atoms with E-state index in [1.807, 2.05) is 0 Å². The molecule has 1 aliphatic rings. The van der Waals surface area contributed by atoms with Gasteiger partial charge in [-0.15, -0.1) is 0 Å². The lowest BCUT2D eigenvalue weighted by atomic mass is 9.79. The maximum atomic E-state index is 12.2. The number of benzene rings is 1. The van der Waals surface area contributed by atoms with Gasteiger partial charge in [0.15, 0.2) is 0 Å². The summed E-state index contributed by atoms with van der Waals surface area (Å²) in [4.78, 5) is 33.8. The van der Waals surface area contributed by atoms with Crippen molar-refractivity contribution in [1.82, 2.24) is 0 Å². The van der Waals surface area contributed by atoms with E-state index in [1.54, 1.807) is 30.6 Å². The molecule has 0 bridgehead atoms. The summed E-state index contributed by atoms with van der Waals surface area (Å²) in [7, 11) is 0. The lowest BCUT2D eigenvalue weighted by molar-refractivity contribution is -0.140. The lowest BCUT2D eigenvalue weighted by Gasteiger charge is -2.26. The Bertz CT molecular complexity index is 547. The van der Waals surface area contributed by atoms with Gasteiger partial charge in [0.1, 0.15) is 0 Å². The topological polar surface area (TPSA) is 83.5 Å². The van der Waals surface area contributed by atoms with E-state index in [-0.39, 0.29) is 18.7 Å². The quantitative estimate of drug-likeness (QED) is 0.842. The molecule has 1 aromatic carbocycles. The predicted molar refractivity (Wildman–Crippen MR) is 77.6 cm³/mol. The van der Waals surface area contributed by atoms with Crippen molar-refractivity contribution in [3.63, 3.8) is 0 Å². The Hall–Kier alpha value is -2.17. The number of amides is 1. The summed E-state index contributed by atoms with van der Waals surface area (Å²) in [5.74, 6) is -1.07. The largest absolute Gasteiger partial charge is 0.481 e. The van der Waals surface area contributed by atoms with E-state index in [0.717, 1.165) is 25.7 Å². The molecule has 5 nitrogen and oxygen atoms in total. The van der Waals surface area contributed by atoms with E-state index >= 15 is 0 Å². The van der Waals surface area contributed by atoms with Crippen LogP contribution in [0.2, 0.25) is 0 Å². The minimum Gasteiger partial charge on any atom is -0.481 e. The molecule has 0 unspecified atom stereocenters. The molecular formula is C16H18NO4. The highest BCUT2D eigenvalue weighted by Gasteiger charge is 2.37. The van der Waals surface area contributed by atoms with Crippen molar-refractivity contribution in [3.8, 4) is 0 Å². The van der Waals surface area contributed by atoms with Gasteiger partial charge < -0.3 is 10.4 Å². The predicted octanol–water partition coefficient (Wildman–Crippen LogP) is 2.51. The number of nitrogens with one attached hydrogen (secondary N) is 1. The minimum absolute atomic E-state index is 0.0303. The average Bonchev–Trinajstić information content (AvgIpc) is 2.85. The molecular weight excluding hydrogens is 270 g/mol. The van der Waals surface area contributed by atoms with Crippen molar-refractivity contribution < 1.29 is 19.5 Å². The first kappa shape index (κ1) is 15.2.